The van der Waals surface area contributed by atoms with Crippen LogP contribution in [0.1, 0.15) is 35.7 Å². The van der Waals surface area contributed by atoms with Crippen LogP contribution in [0.3, 0.4) is 0 Å². The number of hydrogen-bond donors (Lipinski definition) is 3. The van der Waals surface area contributed by atoms with Gasteiger partial charge in [0.05, 0.1) is 48.8 Å². The van der Waals surface area contributed by atoms with Gasteiger partial charge in [0.1, 0.15) is 11.3 Å². The highest BCUT2D eigenvalue weighted by Gasteiger charge is 2.67. The van der Waals surface area contributed by atoms with E-state index in [1.807, 2.05) is 12.2 Å². The molecule has 2 aliphatic carbocycles. The number of carboxylic acid groups (broad SMARTS) is 1. The number of aromatic hydroxyl groups is 2. The molecule has 256 valence electrons. The molecule has 0 radical (unpaired) electrons. The van der Waals surface area contributed by atoms with Crippen molar-refractivity contribution in [1.29, 1.82) is 0 Å². The van der Waals surface area contributed by atoms with Gasteiger partial charge in [0.15, 0.2) is 11.5 Å². The standard InChI is InChI=1S/C38H34N2O10/c1-38-26(14-9-19-15-29(49-2)32(42)30(16-19)50-3)22-12-13-24-31(35(45)39(33(24)43)21-10-11-23(36(46)47)28(41)17-21)25(22)18-27(38)34(44)40(37(38)48)20-7-5-4-6-8-20/h4-12,14-17,24-27,31,41-42H,13,18H2,1-3H3,(H,46,47)/t24-,25+,26-,27-,31-,38-/m0/s1. The van der Waals surface area contributed by atoms with Crippen molar-refractivity contribution in [1.82, 2.24) is 0 Å². The fourth-order valence-electron chi connectivity index (χ4n) is 8.35. The normalized spacial score (nSPS) is 27.3. The van der Waals surface area contributed by atoms with Crippen LogP contribution in [-0.2, 0) is 19.2 Å². The molecule has 2 saturated heterocycles. The van der Waals surface area contributed by atoms with Crippen molar-refractivity contribution in [3.05, 3.63) is 89.5 Å². The smallest absolute Gasteiger partial charge is 0.339 e. The van der Waals surface area contributed by atoms with Gasteiger partial charge in [0.25, 0.3) is 0 Å². The maximum atomic E-state index is 14.5. The molecular formula is C38H34N2O10. The van der Waals surface area contributed by atoms with Crippen LogP contribution in [-0.4, -0.2) is 59.1 Å². The number of nitrogens with zero attached hydrogens (tertiary/aromatic N) is 2. The number of benzene rings is 3. The fourth-order valence-corrected chi connectivity index (χ4v) is 8.35. The van der Waals surface area contributed by atoms with Crippen molar-refractivity contribution >= 4 is 47.0 Å². The molecule has 50 heavy (non-hydrogen) atoms. The van der Waals surface area contributed by atoms with Crippen LogP contribution in [0, 0.1) is 35.0 Å². The lowest BCUT2D eigenvalue weighted by Crippen LogP contribution is -2.49. The van der Waals surface area contributed by atoms with E-state index in [1.54, 1.807) is 55.5 Å². The SMILES string of the molecule is COc1cc(C=C[C@H]2C3=CC[C@@H]4C(=O)N(c5ccc(C(=O)O)c(O)c5)C(=O)[C@@H]4[C@@H]3C[C@H]3C(=O)N(c4ccccc4)C(=O)[C@@]23C)cc(OC)c1O. The lowest BCUT2D eigenvalue weighted by Gasteiger charge is -2.47. The molecule has 12 heteroatoms. The van der Waals surface area contributed by atoms with Gasteiger partial charge in [0, 0.05) is 12.0 Å². The second kappa shape index (κ2) is 11.9. The van der Waals surface area contributed by atoms with Crippen molar-refractivity contribution < 1.29 is 48.8 Å². The van der Waals surface area contributed by atoms with E-state index in [4.69, 9.17) is 9.47 Å². The van der Waals surface area contributed by atoms with E-state index < -0.39 is 58.5 Å². The van der Waals surface area contributed by atoms with Crippen molar-refractivity contribution in [2.75, 3.05) is 24.0 Å². The number of rotatable bonds is 7. The van der Waals surface area contributed by atoms with Gasteiger partial charge >= 0.3 is 5.97 Å². The minimum Gasteiger partial charge on any atom is -0.507 e. The summed E-state index contributed by atoms with van der Waals surface area (Å²) >= 11 is 0. The highest BCUT2D eigenvalue weighted by atomic mass is 16.5. The first-order valence-corrected chi connectivity index (χ1v) is 16.1. The number of fused-ring (bicyclic) bond motifs is 4. The van der Waals surface area contributed by atoms with Crippen LogP contribution in [0.4, 0.5) is 11.4 Å². The second-order valence-corrected chi connectivity index (χ2v) is 13.2. The van der Waals surface area contributed by atoms with E-state index in [0.29, 0.717) is 11.3 Å². The molecule has 0 spiro atoms. The number of imide groups is 2. The number of aromatic carboxylic acids is 1. The molecule has 2 aliphatic heterocycles. The number of carboxylic acids is 1. The zero-order chi connectivity index (χ0) is 35.6. The molecule has 3 fully saturated rings. The van der Waals surface area contributed by atoms with E-state index >= 15 is 0 Å². The molecule has 3 aromatic carbocycles. The third kappa shape index (κ3) is 4.69. The first-order chi connectivity index (χ1) is 23.9. The maximum Gasteiger partial charge on any atom is 0.339 e. The number of allylic oxidation sites excluding steroid dienone is 3. The largest absolute Gasteiger partial charge is 0.507 e. The van der Waals surface area contributed by atoms with Gasteiger partial charge < -0.3 is 24.8 Å². The van der Waals surface area contributed by atoms with Crippen LogP contribution in [0.5, 0.6) is 23.0 Å². The molecule has 0 unspecified atom stereocenters. The summed E-state index contributed by atoms with van der Waals surface area (Å²) in [5.41, 5.74) is 0.231. The Morgan fingerprint density at radius 2 is 1.54 bits per heavy atom. The molecule has 1 saturated carbocycles. The summed E-state index contributed by atoms with van der Waals surface area (Å²) in [6, 6.07) is 15.4. The predicted molar refractivity (Wildman–Crippen MR) is 180 cm³/mol. The summed E-state index contributed by atoms with van der Waals surface area (Å²) in [7, 11) is 2.82. The van der Waals surface area contributed by atoms with Crippen LogP contribution in [0.25, 0.3) is 6.08 Å². The number of carbonyl (C=O) groups is 5. The highest BCUT2D eigenvalue weighted by Crippen LogP contribution is 2.61. The third-order valence-corrected chi connectivity index (χ3v) is 10.8. The summed E-state index contributed by atoms with van der Waals surface area (Å²) in [5, 5.41) is 30.2. The monoisotopic (exact) mass is 678 g/mol. The Bertz CT molecular complexity index is 2010. The van der Waals surface area contributed by atoms with Gasteiger partial charge in [-0.2, -0.15) is 0 Å². The molecular weight excluding hydrogens is 644 g/mol. The number of phenols is 2. The van der Waals surface area contributed by atoms with Gasteiger partial charge in [-0.05, 0) is 67.6 Å². The van der Waals surface area contributed by atoms with E-state index in [1.165, 1.54) is 25.2 Å². The number of para-hydroxylation sites is 1. The average Bonchev–Trinajstić information content (AvgIpc) is 3.47. The molecule has 3 N–H and O–H groups in total. The summed E-state index contributed by atoms with van der Waals surface area (Å²) in [6.07, 6.45) is 5.85. The molecule has 0 bridgehead atoms. The Morgan fingerprint density at radius 3 is 2.16 bits per heavy atom. The minimum absolute atomic E-state index is 0.0492. The van der Waals surface area contributed by atoms with E-state index in [0.717, 1.165) is 22.6 Å². The van der Waals surface area contributed by atoms with E-state index in [-0.39, 0.29) is 53.2 Å². The number of phenolic OH excluding ortho intramolecular Hbond substituents is 1. The first kappa shape index (κ1) is 32.6. The zero-order valence-electron chi connectivity index (χ0n) is 27.4. The average molecular weight is 679 g/mol. The lowest BCUT2D eigenvalue weighted by atomic mass is 9.52. The summed E-state index contributed by atoms with van der Waals surface area (Å²) < 4.78 is 10.7. The molecule has 12 nitrogen and oxygen atoms in total. The molecule has 7 rings (SSSR count). The predicted octanol–water partition coefficient (Wildman–Crippen LogP) is 4.79. The summed E-state index contributed by atoms with van der Waals surface area (Å²) in [5.74, 6) is -7.21. The van der Waals surface area contributed by atoms with Crippen LogP contribution >= 0.6 is 0 Å². The molecule has 2 heterocycles. The molecule has 4 amide bonds. The van der Waals surface area contributed by atoms with Gasteiger partial charge in [-0.3, -0.25) is 19.2 Å². The van der Waals surface area contributed by atoms with Gasteiger partial charge in [0.2, 0.25) is 29.4 Å². The number of hydrogen-bond acceptors (Lipinski definition) is 9. The van der Waals surface area contributed by atoms with Crippen LogP contribution in [0.2, 0.25) is 0 Å². The number of methoxy groups -OCH3 is 2. The molecule has 3 aromatic rings. The zero-order valence-corrected chi connectivity index (χ0v) is 27.4. The molecule has 4 aliphatic rings. The highest BCUT2D eigenvalue weighted by molar-refractivity contribution is 6.25. The molecule has 6 atom stereocenters. The number of ether oxygens (including phenoxy) is 2. The van der Waals surface area contributed by atoms with E-state index in [9.17, 15) is 39.3 Å². The number of anilines is 2. The quantitative estimate of drug-likeness (QED) is 0.233. The first-order valence-electron chi connectivity index (χ1n) is 16.1. The maximum absolute atomic E-state index is 14.5. The van der Waals surface area contributed by atoms with Crippen LogP contribution < -0.4 is 19.3 Å². The Hall–Kier alpha value is -5.91. The van der Waals surface area contributed by atoms with Gasteiger partial charge in [-0.1, -0.05) is 42.0 Å². The summed E-state index contributed by atoms with van der Waals surface area (Å²) in [6.45, 7) is 1.78. The number of carbonyl (C=O) groups excluding carboxylic acids is 4. The second-order valence-electron chi connectivity index (χ2n) is 13.2. The Labute approximate surface area is 286 Å². The fraction of sp³-hybridized carbons (Fsp3) is 0.289. The van der Waals surface area contributed by atoms with E-state index in [2.05, 4.69) is 0 Å². The Kier molecular flexibility index (Phi) is 7.77. The third-order valence-electron chi connectivity index (χ3n) is 10.8. The van der Waals surface area contributed by atoms with Gasteiger partial charge in [-0.15, -0.1) is 0 Å². The Morgan fingerprint density at radius 1 is 0.860 bits per heavy atom. The number of amides is 4. The molecule has 0 aromatic heterocycles. The minimum atomic E-state index is -1.36. The Balaban J connectivity index is 1.33. The van der Waals surface area contributed by atoms with Gasteiger partial charge in [-0.25, -0.2) is 14.6 Å². The van der Waals surface area contributed by atoms with Crippen LogP contribution in [0.15, 0.2) is 78.4 Å². The topological polar surface area (TPSA) is 171 Å². The van der Waals surface area contributed by atoms with Crippen molar-refractivity contribution in [2.45, 2.75) is 19.8 Å². The van der Waals surface area contributed by atoms with Crippen molar-refractivity contribution in [2.24, 2.45) is 35.0 Å². The van der Waals surface area contributed by atoms with Crippen molar-refractivity contribution in [3.8, 4) is 23.0 Å². The van der Waals surface area contributed by atoms with Crippen molar-refractivity contribution in [3.63, 3.8) is 0 Å². The summed E-state index contributed by atoms with van der Waals surface area (Å²) in [4.78, 5) is 70.5. The lowest BCUT2D eigenvalue weighted by molar-refractivity contribution is -0.132.